The van der Waals surface area contributed by atoms with Crippen LogP contribution in [0.3, 0.4) is 0 Å². The molecule has 0 radical (unpaired) electrons. The molecule has 0 saturated carbocycles. The molecule has 1 atom stereocenters. The molecule has 4 N–H and O–H groups in total. The number of aromatic nitrogens is 4. The number of hydrogen-bond acceptors (Lipinski definition) is 7. The van der Waals surface area contributed by atoms with Crippen molar-refractivity contribution >= 4 is 22.5 Å². The Morgan fingerprint density at radius 3 is 2.79 bits per heavy atom. The Morgan fingerprint density at radius 2 is 2.00 bits per heavy atom. The molecule has 4 rings (SSSR count). The number of methoxy groups -OCH3 is 1. The van der Waals surface area contributed by atoms with E-state index in [-0.39, 0.29) is 33.9 Å². The van der Waals surface area contributed by atoms with Gasteiger partial charge in [0, 0.05) is 11.6 Å². The van der Waals surface area contributed by atoms with E-state index in [0.717, 1.165) is 0 Å². The van der Waals surface area contributed by atoms with E-state index < -0.39 is 23.2 Å². The molecule has 166 valence electrons. The number of halogens is 2. The zero-order valence-corrected chi connectivity index (χ0v) is 17.6. The van der Waals surface area contributed by atoms with E-state index in [1.807, 2.05) is 0 Å². The lowest BCUT2D eigenvalue weighted by Crippen LogP contribution is -2.19. The minimum atomic E-state index is -0.650. The number of nitrogens with zero attached hydrogens (tertiary/aromatic N) is 3. The summed E-state index contributed by atoms with van der Waals surface area (Å²) in [5, 5.41) is 2.97. The van der Waals surface area contributed by atoms with Gasteiger partial charge >= 0.3 is 0 Å². The maximum absolute atomic E-state index is 14.0. The van der Waals surface area contributed by atoms with Gasteiger partial charge in [0.05, 0.1) is 18.7 Å². The summed E-state index contributed by atoms with van der Waals surface area (Å²) in [5.41, 5.74) is 6.28. The maximum atomic E-state index is 14.0. The summed E-state index contributed by atoms with van der Waals surface area (Å²) in [7, 11) is 1.43. The van der Waals surface area contributed by atoms with E-state index in [0.29, 0.717) is 11.3 Å². The summed E-state index contributed by atoms with van der Waals surface area (Å²) in [6.45, 7) is 1.73. The van der Waals surface area contributed by atoms with E-state index in [1.165, 1.54) is 37.7 Å². The highest BCUT2D eigenvalue weighted by Gasteiger charge is 2.16. The number of ether oxygens (including phenoxy) is 1. The van der Waals surface area contributed by atoms with Crippen LogP contribution in [0.2, 0.25) is 0 Å². The minimum absolute atomic E-state index is 0.109. The van der Waals surface area contributed by atoms with Gasteiger partial charge in [-0.3, -0.25) is 4.79 Å². The van der Waals surface area contributed by atoms with Gasteiger partial charge < -0.3 is 20.8 Å². The molecule has 2 heterocycles. The van der Waals surface area contributed by atoms with Crippen LogP contribution in [-0.4, -0.2) is 27.0 Å². The van der Waals surface area contributed by atoms with E-state index in [9.17, 15) is 13.6 Å². The first-order valence-electron chi connectivity index (χ1n) is 9.77. The Morgan fingerprint density at radius 1 is 1.18 bits per heavy atom. The summed E-state index contributed by atoms with van der Waals surface area (Å²) in [5.74, 6) is 5.52. The normalized spacial score (nSPS) is 11.5. The first kappa shape index (κ1) is 21.7. The number of H-pyrrole nitrogens is 1. The molecule has 0 saturated heterocycles. The molecule has 10 heteroatoms. The zero-order valence-electron chi connectivity index (χ0n) is 17.6. The first-order chi connectivity index (χ1) is 15.9. The van der Waals surface area contributed by atoms with Crippen molar-refractivity contribution in [3.8, 4) is 17.6 Å². The number of aromatic amines is 1. The first-order valence-corrected chi connectivity index (χ1v) is 9.77. The average molecular weight is 448 g/mol. The van der Waals surface area contributed by atoms with Crippen LogP contribution in [-0.2, 0) is 0 Å². The largest absolute Gasteiger partial charge is 0.497 e. The van der Waals surface area contributed by atoms with Crippen LogP contribution < -0.4 is 21.3 Å². The molecule has 0 fully saturated rings. The van der Waals surface area contributed by atoms with Gasteiger partial charge in [-0.2, -0.15) is 0 Å². The molecule has 0 aliphatic rings. The average Bonchev–Trinajstić information content (AvgIpc) is 2.78. The third-order valence-electron chi connectivity index (χ3n) is 4.78. The summed E-state index contributed by atoms with van der Waals surface area (Å²) in [6.07, 6.45) is 1.26. The topological polar surface area (TPSA) is 119 Å². The second kappa shape index (κ2) is 8.92. The van der Waals surface area contributed by atoms with Gasteiger partial charge in [-0.1, -0.05) is 17.9 Å². The van der Waals surface area contributed by atoms with E-state index in [4.69, 9.17) is 10.5 Å². The smallest absolute Gasteiger partial charge is 0.261 e. The Hall–Kier alpha value is -4.52. The van der Waals surface area contributed by atoms with Gasteiger partial charge in [0.2, 0.25) is 0 Å². The molecule has 0 aliphatic heterocycles. The van der Waals surface area contributed by atoms with Crippen LogP contribution in [0.1, 0.15) is 29.9 Å². The Bertz CT molecular complexity index is 1480. The van der Waals surface area contributed by atoms with Gasteiger partial charge in [-0.15, -0.1) is 0 Å². The van der Waals surface area contributed by atoms with Crippen molar-refractivity contribution in [1.29, 1.82) is 0 Å². The standard InChI is InChI=1S/C23H18F2N6O2/c1-12(21-30-18-5-3-4-17(25)19(18)23(32)31-21)29-22-16(20(26)27-11-28-22)7-6-13-8-14(24)10-15(9-13)33-2/h3-5,8-12H,1-2H3,(H,30,31,32)(H3,26,27,28,29). The van der Waals surface area contributed by atoms with Crippen molar-refractivity contribution < 1.29 is 13.5 Å². The summed E-state index contributed by atoms with van der Waals surface area (Å²) in [6, 6.07) is 7.76. The van der Waals surface area contributed by atoms with Gasteiger partial charge in [0.15, 0.2) is 0 Å². The highest BCUT2D eigenvalue weighted by Crippen LogP contribution is 2.22. The molecule has 0 amide bonds. The van der Waals surface area contributed by atoms with Gasteiger partial charge in [0.25, 0.3) is 5.56 Å². The second-order valence-electron chi connectivity index (χ2n) is 7.06. The molecule has 0 bridgehead atoms. The second-order valence-corrected chi connectivity index (χ2v) is 7.06. The predicted molar refractivity (Wildman–Crippen MR) is 120 cm³/mol. The fourth-order valence-electron chi connectivity index (χ4n) is 3.17. The highest BCUT2D eigenvalue weighted by molar-refractivity contribution is 5.78. The summed E-state index contributed by atoms with van der Waals surface area (Å²) in [4.78, 5) is 27.4. The summed E-state index contributed by atoms with van der Waals surface area (Å²) < 4.78 is 32.8. The highest BCUT2D eigenvalue weighted by atomic mass is 19.1. The summed E-state index contributed by atoms with van der Waals surface area (Å²) >= 11 is 0. The fraction of sp³-hybridized carbons (Fsp3) is 0.130. The molecule has 33 heavy (non-hydrogen) atoms. The van der Waals surface area contributed by atoms with Crippen molar-refractivity contribution in [2.75, 3.05) is 18.2 Å². The molecule has 1 unspecified atom stereocenters. The van der Waals surface area contributed by atoms with Crippen molar-refractivity contribution in [3.05, 3.63) is 81.7 Å². The molecule has 0 aliphatic carbocycles. The molecule has 2 aromatic carbocycles. The fourth-order valence-corrected chi connectivity index (χ4v) is 3.17. The van der Waals surface area contributed by atoms with Crippen LogP contribution in [0.15, 0.2) is 47.5 Å². The SMILES string of the molecule is COc1cc(F)cc(C#Cc2c(N)ncnc2NC(C)c2nc3cccc(F)c3c(=O)[nH]2)c1. The van der Waals surface area contributed by atoms with Gasteiger partial charge in [-0.05, 0) is 31.2 Å². The lowest BCUT2D eigenvalue weighted by atomic mass is 10.1. The van der Waals surface area contributed by atoms with Crippen LogP contribution in [0.5, 0.6) is 5.75 Å². The predicted octanol–water partition coefficient (Wildman–Crippen LogP) is 3.16. The Balaban J connectivity index is 1.68. The lowest BCUT2D eigenvalue weighted by Gasteiger charge is -2.15. The van der Waals surface area contributed by atoms with Crippen LogP contribution in [0, 0.1) is 23.5 Å². The molecular weight excluding hydrogens is 430 g/mol. The monoisotopic (exact) mass is 448 g/mol. The van der Waals surface area contributed by atoms with Crippen LogP contribution >= 0.6 is 0 Å². The van der Waals surface area contributed by atoms with Gasteiger partial charge in [0.1, 0.15) is 52.1 Å². The van der Waals surface area contributed by atoms with Crippen LogP contribution in [0.4, 0.5) is 20.4 Å². The minimum Gasteiger partial charge on any atom is -0.497 e. The van der Waals surface area contributed by atoms with E-state index >= 15 is 0 Å². The molecule has 0 spiro atoms. The third kappa shape index (κ3) is 4.57. The Labute approximate surface area is 186 Å². The number of nitrogens with one attached hydrogen (secondary N) is 2. The number of rotatable bonds is 4. The third-order valence-corrected chi connectivity index (χ3v) is 4.78. The lowest BCUT2D eigenvalue weighted by molar-refractivity contribution is 0.411. The Kier molecular flexibility index (Phi) is 5.87. The van der Waals surface area contributed by atoms with Crippen molar-refractivity contribution in [3.63, 3.8) is 0 Å². The number of hydrogen-bond donors (Lipinski definition) is 3. The number of benzene rings is 2. The molecule has 8 nitrogen and oxygen atoms in total. The van der Waals surface area contributed by atoms with Crippen molar-refractivity contribution in [1.82, 2.24) is 19.9 Å². The zero-order chi connectivity index (χ0) is 23.5. The van der Waals surface area contributed by atoms with E-state index in [2.05, 4.69) is 37.1 Å². The molecule has 2 aromatic heterocycles. The number of nitrogen functional groups attached to an aromatic ring is 1. The molecule has 4 aromatic rings. The van der Waals surface area contributed by atoms with Crippen LogP contribution in [0.25, 0.3) is 10.9 Å². The van der Waals surface area contributed by atoms with Crippen molar-refractivity contribution in [2.45, 2.75) is 13.0 Å². The number of anilines is 2. The van der Waals surface area contributed by atoms with Gasteiger partial charge in [-0.25, -0.2) is 23.7 Å². The van der Waals surface area contributed by atoms with E-state index in [1.54, 1.807) is 19.1 Å². The molecular formula is C23H18F2N6O2. The quantitative estimate of drug-likeness (QED) is 0.410. The number of fused-ring (bicyclic) bond motifs is 1. The maximum Gasteiger partial charge on any atom is 0.261 e. The van der Waals surface area contributed by atoms with Crippen molar-refractivity contribution in [2.24, 2.45) is 0 Å². The number of nitrogens with two attached hydrogens (primary N) is 1.